The lowest BCUT2D eigenvalue weighted by atomic mass is 9.94. The van der Waals surface area contributed by atoms with Crippen molar-refractivity contribution in [1.82, 2.24) is 15.0 Å². The molecule has 0 amide bonds. The van der Waals surface area contributed by atoms with Crippen LogP contribution in [0.15, 0.2) is 30.3 Å². The second-order valence-electron chi connectivity index (χ2n) is 5.75. The minimum atomic E-state index is -0.521. The van der Waals surface area contributed by atoms with Gasteiger partial charge in [-0.2, -0.15) is 5.26 Å². The number of fused-ring (bicyclic) bond motifs is 3. The Labute approximate surface area is 148 Å². The Morgan fingerprint density at radius 1 is 1.21 bits per heavy atom. The first kappa shape index (κ1) is 15.3. The molecule has 1 aliphatic rings. The van der Waals surface area contributed by atoms with Crippen molar-refractivity contribution in [1.29, 1.82) is 5.26 Å². The minimum absolute atomic E-state index is 0.164. The highest BCUT2D eigenvalue weighted by atomic mass is 35.5. The van der Waals surface area contributed by atoms with Crippen molar-refractivity contribution in [3.05, 3.63) is 62.5 Å². The number of nitriles is 1. The molecule has 0 radical (unpaired) electrons. The molecule has 1 aromatic carbocycles. The molecular formula is C18H13ClN4S. The van der Waals surface area contributed by atoms with E-state index in [4.69, 9.17) is 16.6 Å². The second-order valence-corrected chi connectivity index (χ2v) is 7.20. The van der Waals surface area contributed by atoms with Crippen LogP contribution in [0.25, 0.3) is 11.3 Å². The van der Waals surface area contributed by atoms with Gasteiger partial charge in [-0.15, -0.1) is 11.3 Å². The zero-order valence-corrected chi connectivity index (χ0v) is 14.5. The summed E-state index contributed by atoms with van der Waals surface area (Å²) in [6, 6.07) is 12.5. The van der Waals surface area contributed by atoms with E-state index in [2.05, 4.69) is 34.2 Å². The van der Waals surface area contributed by atoms with Crippen LogP contribution in [-0.2, 0) is 12.8 Å². The zero-order valence-electron chi connectivity index (χ0n) is 13.0. The molecule has 0 spiro atoms. The number of aryl methyl sites for hydroxylation is 3. The van der Waals surface area contributed by atoms with Gasteiger partial charge in [0.15, 0.2) is 0 Å². The van der Waals surface area contributed by atoms with Gasteiger partial charge in [0.2, 0.25) is 5.28 Å². The maximum absolute atomic E-state index is 9.68. The fourth-order valence-electron chi connectivity index (χ4n) is 3.04. The monoisotopic (exact) mass is 352 g/mol. The molecule has 6 heteroatoms. The summed E-state index contributed by atoms with van der Waals surface area (Å²) in [5, 5.41) is 10.6. The Hall–Kier alpha value is -2.29. The number of hydrogen-bond donors (Lipinski definition) is 0. The van der Waals surface area contributed by atoms with Crippen molar-refractivity contribution >= 4 is 22.9 Å². The number of thiazole rings is 1. The molecule has 0 saturated carbocycles. The Morgan fingerprint density at radius 3 is 2.83 bits per heavy atom. The van der Waals surface area contributed by atoms with Gasteiger partial charge in [-0.1, -0.05) is 24.3 Å². The van der Waals surface area contributed by atoms with E-state index in [9.17, 15) is 5.26 Å². The third kappa shape index (κ3) is 2.58. The third-order valence-electron chi connectivity index (χ3n) is 4.13. The number of benzene rings is 1. The first-order valence-electron chi connectivity index (χ1n) is 7.64. The molecule has 0 saturated heterocycles. The van der Waals surface area contributed by atoms with Crippen molar-refractivity contribution in [2.75, 3.05) is 0 Å². The van der Waals surface area contributed by atoms with E-state index in [0.29, 0.717) is 5.69 Å². The highest BCUT2D eigenvalue weighted by Crippen LogP contribution is 2.39. The summed E-state index contributed by atoms with van der Waals surface area (Å²) in [5.74, 6) is -0.521. The Morgan fingerprint density at radius 2 is 2.04 bits per heavy atom. The standard InChI is InChI=1S/C18H13ClN4S/c1-10-8-14(22-18(19)21-10)13(9-20)17-23-16-12-5-3-2-4-11(12)6-7-15(16)24-17/h2-5,8,13H,6-7H2,1H3/t13-/m0/s1. The van der Waals surface area contributed by atoms with E-state index in [1.54, 1.807) is 17.4 Å². The normalized spacial score (nSPS) is 13.7. The van der Waals surface area contributed by atoms with Crippen LogP contribution < -0.4 is 0 Å². The summed E-state index contributed by atoms with van der Waals surface area (Å²) >= 11 is 7.56. The van der Waals surface area contributed by atoms with E-state index in [0.717, 1.165) is 29.2 Å². The molecule has 1 aliphatic carbocycles. The topological polar surface area (TPSA) is 62.5 Å². The molecule has 1 atom stereocenters. The lowest BCUT2D eigenvalue weighted by molar-refractivity contribution is 0.914. The van der Waals surface area contributed by atoms with E-state index in [1.807, 2.05) is 13.0 Å². The quantitative estimate of drug-likeness (QED) is 0.644. The first-order chi connectivity index (χ1) is 11.7. The molecule has 2 aromatic heterocycles. The van der Waals surface area contributed by atoms with Gasteiger partial charge in [0.1, 0.15) is 10.9 Å². The summed E-state index contributed by atoms with van der Waals surface area (Å²) < 4.78 is 0. The molecule has 4 nitrogen and oxygen atoms in total. The Kier molecular flexibility index (Phi) is 3.79. The van der Waals surface area contributed by atoms with Gasteiger partial charge in [-0.05, 0) is 43.0 Å². The lowest BCUT2D eigenvalue weighted by Crippen LogP contribution is -2.03. The van der Waals surface area contributed by atoms with Crippen molar-refractivity contribution in [2.24, 2.45) is 0 Å². The number of halogens is 1. The molecule has 3 aromatic rings. The molecule has 24 heavy (non-hydrogen) atoms. The van der Waals surface area contributed by atoms with Crippen LogP contribution in [0.5, 0.6) is 0 Å². The van der Waals surface area contributed by atoms with Gasteiger partial charge in [-0.25, -0.2) is 15.0 Å². The first-order valence-corrected chi connectivity index (χ1v) is 8.83. The van der Waals surface area contributed by atoms with Crippen LogP contribution in [0.1, 0.15) is 32.8 Å². The van der Waals surface area contributed by atoms with E-state index >= 15 is 0 Å². The summed E-state index contributed by atoms with van der Waals surface area (Å²) in [4.78, 5) is 14.3. The van der Waals surface area contributed by atoms with Crippen molar-refractivity contribution in [2.45, 2.75) is 25.7 Å². The smallest absolute Gasteiger partial charge is 0.222 e. The van der Waals surface area contributed by atoms with Crippen molar-refractivity contribution in [3.63, 3.8) is 0 Å². The molecular weight excluding hydrogens is 340 g/mol. The van der Waals surface area contributed by atoms with Gasteiger partial charge >= 0.3 is 0 Å². The third-order valence-corrected chi connectivity index (χ3v) is 5.48. The number of hydrogen-bond acceptors (Lipinski definition) is 5. The van der Waals surface area contributed by atoms with E-state index in [-0.39, 0.29) is 5.28 Å². The SMILES string of the molecule is Cc1cc([C@H](C#N)c2nc3c(s2)CCc2ccccc2-3)nc(Cl)n1. The van der Waals surface area contributed by atoms with Crippen molar-refractivity contribution < 1.29 is 0 Å². The summed E-state index contributed by atoms with van der Waals surface area (Å²) in [6.45, 7) is 1.84. The molecule has 0 unspecified atom stereocenters. The van der Waals surface area contributed by atoms with Gasteiger partial charge < -0.3 is 0 Å². The molecule has 118 valence electrons. The number of rotatable bonds is 2. The summed E-state index contributed by atoms with van der Waals surface area (Å²) in [6.07, 6.45) is 1.98. The van der Waals surface area contributed by atoms with Gasteiger partial charge in [-0.3, -0.25) is 0 Å². The largest absolute Gasteiger partial charge is 0.239 e. The predicted molar refractivity (Wildman–Crippen MR) is 94.2 cm³/mol. The van der Waals surface area contributed by atoms with E-state index in [1.165, 1.54) is 16.0 Å². The zero-order chi connectivity index (χ0) is 16.7. The Bertz CT molecular complexity index is 953. The molecule has 2 heterocycles. The predicted octanol–water partition coefficient (Wildman–Crippen LogP) is 4.32. The van der Waals surface area contributed by atoms with Crippen LogP contribution in [0.4, 0.5) is 0 Å². The molecule has 0 N–H and O–H groups in total. The van der Waals surface area contributed by atoms with Gasteiger partial charge in [0.25, 0.3) is 0 Å². The van der Waals surface area contributed by atoms with Crippen LogP contribution >= 0.6 is 22.9 Å². The van der Waals surface area contributed by atoms with Crippen LogP contribution in [-0.4, -0.2) is 15.0 Å². The van der Waals surface area contributed by atoms with Crippen LogP contribution in [0, 0.1) is 18.3 Å². The maximum Gasteiger partial charge on any atom is 0.222 e. The van der Waals surface area contributed by atoms with Gasteiger partial charge in [0.05, 0.1) is 17.5 Å². The van der Waals surface area contributed by atoms with Crippen LogP contribution in [0.3, 0.4) is 0 Å². The highest BCUT2D eigenvalue weighted by Gasteiger charge is 2.26. The Balaban J connectivity index is 1.81. The van der Waals surface area contributed by atoms with Crippen molar-refractivity contribution in [3.8, 4) is 17.3 Å². The average Bonchev–Trinajstić information content (AvgIpc) is 2.99. The fraction of sp³-hybridized carbons (Fsp3) is 0.222. The highest BCUT2D eigenvalue weighted by molar-refractivity contribution is 7.12. The average molecular weight is 353 g/mol. The number of aromatic nitrogens is 3. The molecule has 0 bridgehead atoms. The molecule has 0 aliphatic heterocycles. The summed E-state index contributed by atoms with van der Waals surface area (Å²) in [7, 11) is 0. The minimum Gasteiger partial charge on any atom is -0.239 e. The van der Waals surface area contributed by atoms with E-state index < -0.39 is 5.92 Å². The maximum atomic E-state index is 9.68. The fourth-order valence-corrected chi connectivity index (χ4v) is 4.41. The molecule has 4 rings (SSSR count). The number of nitrogens with zero attached hydrogens (tertiary/aromatic N) is 4. The summed E-state index contributed by atoms with van der Waals surface area (Å²) in [5.41, 5.74) is 4.85. The second kappa shape index (κ2) is 5.97. The molecule has 0 fully saturated rings. The van der Waals surface area contributed by atoms with Crippen LogP contribution in [0.2, 0.25) is 5.28 Å². The van der Waals surface area contributed by atoms with Gasteiger partial charge in [0, 0.05) is 16.1 Å². The lowest BCUT2D eigenvalue weighted by Gasteiger charge is -2.13.